The van der Waals surface area contributed by atoms with Crippen molar-refractivity contribution in [2.24, 2.45) is 23.7 Å². The van der Waals surface area contributed by atoms with Crippen LogP contribution in [-0.4, -0.2) is 57.6 Å². The van der Waals surface area contributed by atoms with Gasteiger partial charge < -0.3 is 15.0 Å². The molecule has 1 N–H and O–H groups in total. The topological polar surface area (TPSA) is 96.0 Å². The molecule has 6 rings (SSSR count). The summed E-state index contributed by atoms with van der Waals surface area (Å²) in [5.74, 6) is 2.64. The molecule has 1 unspecified atom stereocenters. The second-order valence-electron chi connectivity index (χ2n) is 14.0. The van der Waals surface area contributed by atoms with Gasteiger partial charge in [-0.15, -0.1) is 0 Å². The number of methoxy groups -OCH3 is 1. The Hall–Kier alpha value is -3.07. The SMILES string of the molecule is CCC(C(=O)NCC(C)C)N(Cc1cccc(OC)c1)C(=O)CN(c1ccc(C23CC4CC(CC(C4)C2)C3)cc1)S(C)(=O)=O. The zero-order valence-corrected chi connectivity index (χ0v) is 27.7. The molecule has 0 radical (unpaired) electrons. The predicted molar refractivity (Wildman–Crippen MR) is 174 cm³/mol. The molecule has 240 valence electrons. The average molecular weight is 624 g/mol. The molecule has 44 heavy (non-hydrogen) atoms. The van der Waals surface area contributed by atoms with Gasteiger partial charge >= 0.3 is 0 Å². The van der Waals surface area contributed by atoms with E-state index in [1.807, 2.05) is 57.2 Å². The molecule has 2 amide bonds. The number of rotatable bonds is 13. The number of carbonyl (C=O) groups excluding carboxylic acids is 2. The van der Waals surface area contributed by atoms with E-state index in [0.717, 1.165) is 29.6 Å². The molecule has 4 bridgehead atoms. The molecule has 1 atom stereocenters. The van der Waals surface area contributed by atoms with Gasteiger partial charge in [0.1, 0.15) is 18.3 Å². The predicted octanol–water partition coefficient (Wildman–Crippen LogP) is 5.51. The van der Waals surface area contributed by atoms with Crippen molar-refractivity contribution in [1.82, 2.24) is 10.2 Å². The number of nitrogens with zero attached hydrogens (tertiary/aromatic N) is 2. The summed E-state index contributed by atoms with van der Waals surface area (Å²) in [5.41, 5.74) is 2.75. The number of benzene rings is 2. The third-order valence-electron chi connectivity index (χ3n) is 10.0. The highest BCUT2D eigenvalue weighted by Crippen LogP contribution is 2.60. The van der Waals surface area contributed by atoms with Gasteiger partial charge in [-0.05, 0) is 109 Å². The monoisotopic (exact) mass is 623 g/mol. The summed E-state index contributed by atoms with van der Waals surface area (Å²) in [6.07, 6.45) is 9.28. The Morgan fingerprint density at radius 3 is 2.14 bits per heavy atom. The third kappa shape index (κ3) is 7.08. The minimum absolute atomic E-state index is 0.145. The molecule has 9 heteroatoms. The molecule has 2 aromatic rings. The fourth-order valence-electron chi connectivity index (χ4n) is 8.37. The average Bonchev–Trinajstić information content (AvgIpc) is 2.97. The van der Waals surface area contributed by atoms with Crippen LogP contribution in [0.2, 0.25) is 0 Å². The fourth-order valence-corrected chi connectivity index (χ4v) is 9.22. The lowest BCUT2D eigenvalue weighted by atomic mass is 9.48. The zero-order chi connectivity index (χ0) is 31.6. The Bertz CT molecular complexity index is 1400. The molecule has 4 aliphatic carbocycles. The normalized spacial score (nSPS) is 24.6. The summed E-state index contributed by atoms with van der Waals surface area (Å²) in [5, 5.41) is 2.96. The molecule has 8 nitrogen and oxygen atoms in total. The first-order valence-corrected chi connectivity index (χ1v) is 18.0. The maximum Gasteiger partial charge on any atom is 0.244 e. The third-order valence-corrected chi connectivity index (χ3v) is 11.2. The van der Waals surface area contributed by atoms with E-state index < -0.39 is 28.5 Å². The van der Waals surface area contributed by atoms with Crippen molar-refractivity contribution in [2.45, 2.75) is 83.7 Å². The number of sulfonamides is 1. The van der Waals surface area contributed by atoms with Gasteiger partial charge in [-0.25, -0.2) is 8.42 Å². The van der Waals surface area contributed by atoms with Gasteiger partial charge in [0.25, 0.3) is 0 Å². The van der Waals surface area contributed by atoms with Crippen LogP contribution in [0.5, 0.6) is 5.75 Å². The Morgan fingerprint density at radius 2 is 1.61 bits per heavy atom. The van der Waals surface area contributed by atoms with E-state index in [9.17, 15) is 18.0 Å². The van der Waals surface area contributed by atoms with Crippen LogP contribution < -0.4 is 14.4 Å². The van der Waals surface area contributed by atoms with Crippen molar-refractivity contribution in [3.63, 3.8) is 0 Å². The first-order valence-electron chi connectivity index (χ1n) is 16.2. The summed E-state index contributed by atoms with van der Waals surface area (Å²) in [7, 11) is -2.22. The van der Waals surface area contributed by atoms with Gasteiger partial charge in [0, 0.05) is 13.1 Å². The smallest absolute Gasteiger partial charge is 0.244 e. The van der Waals surface area contributed by atoms with E-state index >= 15 is 0 Å². The van der Waals surface area contributed by atoms with Crippen LogP contribution in [0.3, 0.4) is 0 Å². The Morgan fingerprint density at radius 1 is 1.00 bits per heavy atom. The molecule has 4 fully saturated rings. The minimum Gasteiger partial charge on any atom is -0.497 e. The van der Waals surface area contributed by atoms with Crippen LogP contribution >= 0.6 is 0 Å². The second kappa shape index (κ2) is 13.1. The van der Waals surface area contributed by atoms with E-state index in [4.69, 9.17) is 4.74 Å². The van der Waals surface area contributed by atoms with Crippen LogP contribution in [0.4, 0.5) is 5.69 Å². The van der Waals surface area contributed by atoms with Gasteiger partial charge in [0.05, 0.1) is 19.1 Å². The van der Waals surface area contributed by atoms with Gasteiger partial charge in [-0.2, -0.15) is 0 Å². The summed E-state index contributed by atoms with van der Waals surface area (Å²) in [6, 6.07) is 14.5. The lowest BCUT2D eigenvalue weighted by Crippen LogP contribution is -2.52. The van der Waals surface area contributed by atoms with E-state index in [0.29, 0.717) is 24.4 Å². The van der Waals surface area contributed by atoms with Crippen molar-refractivity contribution in [3.05, 3.63) is 59.7 Å². The maximum atomic E-state index is 14.1. The maximum absolute atomic E-state index is 14.1. The highest BCUT2D eigenvalue weighted by Gasteiger charge is 2.51. The van der Waals surface area contributed by atoms with Crippen molar-refractivity contribution in [2.75, 3.05) is 30.8 Å². The lowest BCUT2D eigenvalue weighted by Gasteiger charge is -2.57. The summed E-state index contributed by atoms with van der Waals surface area (Å²) in [4.78, 5) is 28.9. The van der Waals surface area contributed by atoms with Crippen LogP contribution in [0, 0.1) is 23.7 Å². The molecule has 0 aliphatic heterocycles. The zero-order valence-electron chi connectivity index (χ0n) is 26.9. The second-order valence-corrected chi connectivity index (χ2v) is 15.9. The van der Waals surface area contributed by atoms with Crippen molar-refractivity contribution >= 4 is 27.5 Å². The molecule has 0 spiro atoms. The molecule has 2 aromatic carbocycles. The summed E-state index contributed by atoms with van der Waals surface area (Å²) in [6.45, 7) is 6.13. The van der Waals surface area contributed by atoms with Crippen LogP contribution in [0.1, 0.15) is 76.8 Å². The number of nitrogens with one attached hydrogen (secondary N) is 1. The first kappa shape index (κ1) is 32.3. The summed E-state index contributed by atoms with van der Waals surface area (Å²) < 4.78 is 32.9. The standard InChI is InChI=1S/C35H49N3O5S/c1-6-32(34(40)36-21-24(2)3)37(22-25-8-7-9-31(17-25)43-4)33(39)23-38(44(5,41)42)30-12-10-29(11-13-30)35-18-26-14-27(19-35)16-28(15-26)20-35/h7-13,17,24,26-28,32H,6,14-16,18-23H2,1-5H3,(H,36,40). The minimum atomic E-state index is -3.80. The quantitative estimate of drug-likeness (QED) is 0.318. The van der Waals surface area contributed by atoms with Gasteiger partial charge in [0.2, 0.25) is 21.8 Å². The van der Waals surface area contributed by atoms with Crippen LogP contribution in [0.25, 0.3) is 0 Å². The Labute approximate surface area is 263 Å². The molecule has 4 saturated carbocycles. The van der Waals surface area contributed by atoms with Crippen molar-refractivity contribution in [1.29, 1.82) is 0 Å². The van der Waals surface area contributed by atoms with Gasteiger partial charge in [0.15, 0.2) is 0 Å². The number of hydrogen-bond donors (Lipinski definition) is 1. The van der Waals surface area contributed by atoms with E-state index in [-0.39, 0.29) is 23.8 Å². The highest BCUT2D eigenvalue weighted by molar-refractivity contribution is 7.92. The molecule has 0 saturated heterocycles. The van der Waals surface area contributed by atoms with Crippen LogP contribution in [-0.2, 0) is 31.6 Å². The molecule has 0 aromatic heterocycles. The molecular weight excluding hydrogens is 574 g/mol. The van der Waals surface area contributed by atoms with Gasteiger partial charge in [-0.3, -0.25) is 13.9 Å². The molecular formula is C35H49N3O5S. The van der Waals surface area contributed by atoms with E-state index in [2.05, 4.69) is 17.4 Å². The summed E-state index contributed by atoms with van der Waals surface area (Å²) >= 11 is 0. The van der Waals surface area contributed by atoms with Crippen LogP contribution in [0.15, 0.2) is 48.5 Å². The van der Waals surface area contributed by atoms with E-state index in [1.54, 1.807) is 7.11 Å². The molecule has 0 heterocycles. The van der Waals surface area contributed by atoms with E-state index in [1.165, 1.54) is 53.3 Å². The first-order chi connectivity index (χ1) is 20.9. The fraction of sp³-hybridized carbons (Fsp3) is 0.600. The Kier molecular flexibility index (Phi) is 9.64. The number of ether oxygens (including phenoxy) is 1. The number of amides is 2. The largest absolute Gasteiger partial charge is 0.497 e. The number of hydrogen-bond acceptors (Lipinski definition) is 5. The van der Waals surface area contributed by atoms with Crippen molar-refractivity contribution in [3.8, 4) is 5.75 Å². The number of carbonyl (C=O) groups is 2. The Balaban J connectivity index is 1.40. The van der Waals surface area contributed by atoms with Crippen molar-refractivity contribution < 1.29 is 22.7 Å². The highest BCUT2D eigenvalue weighted by atomic mass is 32.2. The van der Waals surface area contributed by atoms with Gasteiger partial charge in [-0.1, -0.05) is 45.0 Å². The lowest BCUT2D eigenvalue weighted by molar-refractivity contribution is -0.140. The molecule has 4 aliphatic rings. The number of anilines is 1.